The zero-order valence-electron chi connectivity index (χ0n) is 9.62. The number of allylic oxidation sites excluding steroid dienone is 1. The summed E-state index contributed by atoms with van der Waals surface area (Å²) in [4.78, 5) is 5.10. The molecule has 1 N–H and O–H groups in total. The monoisotopic (exact) mass is 274 g/mol. The van der Waals surface area contributed by atoms with Crippen LogP contribution in [0.15, 0.2) is 29.3 Å². The molecule has 3 nitrogen and oxygen atoms in total. The molecule has 2 aromatic rings. The molecule has 3 rings (SSSR count). The fraction of sp³-hybridized carbons (Fsp3) is 0.0769. The molecule has 1 aromatic carbocycles. The summed E-state index contributed by atoms with van der Waals surface area (Å²) in [6, 6.07) is 7.93. The van der Waals surface area contributed by atoms with Crippen molar-refractivity contribution in [2.24, 2.45) is 12.0 Å². The molecule has 0 fully saturated rings. The Bertz CT molecular complexity index is 738. The molecule has 0 unspecified atom stereocenters. The van der Waals surface area contributed by atoms with E-state index in [2.05, 4.69) is 4.99 Å². The van der Waals surface area contributed by atoms with Crippen LogP contribution in [0.5, 0.6) is 5.88 Å². The largest absolute Gasteiger partial charge is 0.493 e. The first-order chi connectivity index (χ1) is 8.66. The molecule has 1 aromatic heterocycles. The van der Waals surface area contributed by atoms with E-state index in [1.165, 1.54) is 11.3 Å². The van der Waals surface area contributed by atoms with Gasteiger partial charge in [-0.05, 0) is 24.4 Å². The van der Waals surface area contributed by atoms with Crippen LogP contribution < -0.4 is 0 Å². The van der Waals surface area contributed by atoms with Crippen molar-refractivity contribution in [3.63, 3.8) is 0 Å². The summed E-state index contributed by atoms with van der Waals surface area (Å²) in [6.45, 7) is 0. The number of nitrogens with zero attached hydrogens (tertiary/aromatic N) is 2. The second kappa shape index (κ2) is 4.19. The third kappa shape index (κ3) is 1.72. The van der Waals surface area contributed by atoms with Crippen molar-refractivity contribution in [1.82, 2.24) is 4.57 Å². The van der Waals surface area contributed by atoms with Crippen molar-refractivity contribution >= 4 is 47.1 Å². The van der Waals surface area contributed by atoms with Crippen molar-refractivity contribution < 1.29 is 5.11 Å². The zero-order chi connectivity index (χ0) is 12.7. The summed E-state index contributed by atoms with van der Waals surface area (Å²) in [5.41, 5.74) is 3.04. The van der Waals surface area contributed by atoms with Gasteiger partial charge in [-0.25, -0.2) is 0 Å². The molecule has 18 heavy (non-hydrogen) atoms. The minimum absolute atomic E-state index is 0.204. The van der Waals surface area contributed by atoms with Crippen LogP contribution in [-0.2, 0) is 7.05 Å². The Morgan fingerprint density at radius 2 is 2.17 bits per heavy atom. The lowest BCUT2D eigenvalue weighted by Gasteiger charge is -1.98. The number of hydrogen-bond donors (Lipinski definition) is 1. The van der Waals surface area contributed by atoms with Crippen LogP contribution >= 0.6 is 23.6 Å². The maximum Gasteiger partial charge on any atom is 0.210 e. The van der Waals surface area contributed by atoms with Crippen molar-refractivity contribution in [2.45, 2.75) is 0 Å². The van der Waals surface area contributed by atoms with E-state index in [4.69, 9.17) is 12.2 Å². The van der Waals surface area contributed by atoms with E-state index < -0.39 is 0 Å². The molecule has 0 radical (unpaired) electrons. The van der Waals surface area contributed by atoms with Crippen molar-refractivity contribution in [2.75, 3.05) is 0 Å². The van der Waals surface area contributed by atoms with Crippen molar-refractivity contribution in [3.8, 4) is 5.88 Å². The molecule has 1 aliphatic heterocycles. The van der Waals surface area contributed by atoms with Gasteiger partial charge >= 0.3 is 0 Å². The predicted molar refractivity (Wildman–Crippen MR) is 78.3 cm³/mol. The maximum atomic E-state index is 9.94. The average Bonchev–Trinajstić information content (AvgIpc) is 2.89. The molecule has 0 saturated heterocycles. The Labute approximate surface area is 113 Å². The first-order valence-electron chi connectivity index (χ1n) is 5.41. The maximum absolute atomic E-state index is 9.94. The second-order valence-electron chi connectivity index (χ2n) is 3.99. The summed E-state index contributed by atoms with van der Waals surface area (Å²) >= 11 is 6.53. The highest BCUT2D eigenvalue weighted by Crippen LogP contribution is 2.35. The topological polar surface area (TPSA) is 37.5 Å². The molecule has 0 atom stereocenters. The van der Waals surface area contributed by atoms with Crippen LogP contribution in [0.25, 0.3) is 11.6 Å². The second-order valence-corrected chi connectivity index (χ2v) is 5.67. The van der Waals surface area contributed by atoms with Gasteiger partial charge in [0.1, 0.15) is 0 Å². The summed E-state index contributed by atoms with van der Waals surface area (Å²) in [5, 5.41) is 9.94. The van der Waals surface area contributed by atoms with E-state index in [0.717, 1.165) is 21.7 Å². The summed E-state index contributed by atoms with van der Waals surface area (Å²) in [5.74, 6) is 0.204. The van der Waals surface area contributed by atoms with Crippen molar-refractivity contribution in [3.05, 3.63) is 38.7 Å². The number of rotatable bonds is 1. The molecule has 0 saturated carbocycles. The number of hydrogen-bond acceptors (Lipinski definition) is 4. The van der Waals surface area contributed by atoms with E-state index in [9.17, 15) is 5.11 Å². The molecular weight excluding hydrogens is 264 g/mol. The van der Waals surface area contributed by atoms with E-state index >= 15 is 0 Å². The van der Waals surface area contributed by atoms with E-state index in [-0.39, 0.29) is 5.88 Å². The number of para-hydroxylation sites is 1. The lowest BCUT2D eigenvalue weighted by atomic mass is 10.1. The number of aromatic nitrogens is 1. The molecule has 2 heterocycles. The van der Waals surface area contributed by atoms with Gasteiger partial charge in [-0.2, -0.15) is 0 Å². The van der Waals surface area contributed by atoms with Gasteiger partial charge in [0, 0.05) is 24.4 Å². The van der Waals surface area contributed by atoms with Gasteiger partial charge in [0.15, 0.2) is 3.95 Å². The zero-order valence-corrected chi connectivity index (χ0v) is 11.3. The van der Waals surface area contributed by atoms with Crippen LogP contribution in [0.4, 0.5) is 5.69 Å². The van der Waals surface area contributed by atoms with Gasteiger partial charge in [0.2, 0.25) is 5.88 Å². The lowest BCUT2D eigenvalue weighted by molar-refractivity contribution is 0.430. The number of fused-ring (bicyclic) bond motifs is 1. The van der Waals surface area contributed by atoms with Crippen LogP contribution in [0.1, 0.15) is 10.4 Å². The highest BCUT2D eigenvalue weighted by Gasteiger charge is 2.13. The number of benzene rings is 1. The predicted octanol–water partition coefficient (Wildman–Crippen LogP) is 3.78. The van der Waals surface area contributed by atoms with E-state index in [1.807, 2.05) is 36.6 Å². The Kier molecular flexibility index (Phi) is 2.65. The van der Waals surface area contributed by atoms with Gasteiger partial charge in [-0.1, -0.05) is 18.2 Å². The SMILES string of the molecule is Cn1c(O)c(C=C2C=Nc3ccccc32)sc1=S. The Morgan fingerprint density at radius 1 is 1.39 bits per heavy atom. The quantitative estimate of drug-likeness (QED) is 0.804. The minimum Gasteiger partial charge on any atom is -0.493 e. The number of thiazole rings is 1. The average molecular weight is 274 g/mol. The van der Waals surface area contributed by atoms with E-state index in [1.54, 1.807) is 11.6 Å². The van der Waals surface area contributed by atoms with Gasteiger partial charge in [0.25, 0.3) is 0 Å². The summed E-state index contributed by atoms with van der Waals surface area (Å²) < 4.78 is 2.26. The highest BCUT2D eigenvalue weighted by atomic mass is 32.1. The molecule has 0 spiro atoms. The molecule has 90 valence electrons. The van der Waals surface area contributed by atoms with Gasteiger partial charge in [-0.3, -0.25) is 9.56 Å². The van der Waals surface area contributed by atoms with Crippen LogP contribution in [0.3, 0.4) is 0 Å². The molecule has 0 bridgehead atoms. The molecular formula is C13H10N2OS2. The number of aromatic hydroxyl groups is 1. The highest BCUT2D eigenvalue weighted by molar-refractivity contribution is 7.73. The van der Waals surface area contributed by atoms with Crippen LogP contribution in [0, 0.1) is 3.95 Å². The fourth-order valence-corrected chi connectivity index (χ4v) is 3.03. The summed E-state index contributed by atoms with van der Waals surface area (Å²) in [6.07, 6.45) is 3.73. The first kappa shape index (κ1) is 11.4. The molecule has 0 aliphatic carbocycles. The molecule has 0 amide bonds. The van der Waals surface area contributed by atoms with Crippen LogP contribution in [0.2, 0.25) is 0 Å². The summed E-state index contributed by atoms with van der Waals surface area (Å²) in [7, 11) is 1.76. The Morgan fingerprint density at radius 3 is 2.89 bits per heavy atom. The van der Waals surface area contributed by atoms with Crippen LogP contribution in [-0.4, -0.2) is 15.9 Å². The van der Waals surface area contributed by atoms with Gasteiger partial charge in [-0.15, -0.1) is 11.3 Å². The first-order valence-corrected chi connectivity index (χ1v) is 6.63. The molecule has 5 heteroatoms. The number of aliphatic imine (C=N–C) groups is 1. The third-order valence-corrected chi connectivity index (χ3v) is 4.35. The lowest BCUT2D eigenvalue weighted by Crippen LogP contribution is -1.85. The van der Waals surface area contributed by atoms with Gasteiger partial charge in [0.05, 0.1) is 10.6 Å². The van der Waals surface area contributed by atoms with Crippen molar-refractivity contribution in [1.29, 1.82) is 0 Å². The Balaban J connectivity index is 2.12. The fourth-order valence-electron chi connectivity index (χ4n) is 1.85. The van der Waals surface area contributed by atoms with Gasteiger partial charge < -0.3 is 5.11 Å². The minimum atomic E-state index is 0.204. The Hall–Kier alpha value is -1.72. The normalized spacial score (nSPS) is 15.3. The van der Waals surface area contributed by atoms with E-state index in [0.29, 0.717) is 3.95 Å². The third-order valence-electron chi connectivity index (χ3n) is 2.85. The molecule has 1 aliphatic rings. The smallest absolute Gasteiger partial charge is 0.210 e. The standard InChI is InChI=1S/C13H10N2OS2/c1-15-12(16)11(18-13(15)17)6-8-7-14-10-5-3-2-4-9(8)10/h2-7,16H,1H3.